The van der Waals surface area contributed by atoms with Crippen LogP contribution in [0, 0.1) is 0 Å². The molecule has 0 saturated heterocycles. The van der Waals surface area contributed by atoms with Crippen molar-refractivity contribution in [2.75, 3.05) is 0 Å². The largest absolute Gasteiger partial charge is 0.334 e. The van der Waals surface area contributed by atoms with Crippen LogP contribution < -0.4 is 5.56 Å². The molecule has 0 aliphatic carbocycles. The lowest BCUT2D eigenvalue weighted by atomic mass is 10.2. The van der Waals surface area contributed by atoms with Crippen LogP contribution >= 0.6 is 15.9 Å². The first-order valence-corrected chi connectivity index (χ1v) is 8.68. The molecule has 1 aromatic carbocycles. The van der Waals surface area contributed by atoms with Gasteiger partial charge >= 0.3 is 0 Å². The average Bonchev–Trinajstić information content (AvgIpc) is 3.15. The van der Waals surface area contributed by atoms with Gasteiger partial charge in [0.15, 0.2) is 0 Å². The molecule has 0 atom stereocenters. The summed E-state index contributed by atoms with van der Waals surface area (Å²) in [7, 11) is 0. The van der Waals surface area contributed by atoms with Gasteiger partial charge in [0, 0.05) is 34.7 Å². The van der Waals surface area contributed by atoms with Crippen molar-refractivity contribution in [3.8, 4) is 22.8 Å². The number of hydrogen-bond acceptors (Lipinski definition) is 5. The van der Waals surface area contributed by atoms with Gasteiger partial charge in [-0.05, 0) is 35.9 Å². The van der Waals surface area contributed by atoms with Crippen LogP contribution in [-0.2, 0) is 6.54 Å². The minimum atomic E-state index is -0.0997. The first-order valence-electron chi connectivity index (χ1n) is 7.88. The molecule has 3 heterocycles. The molecule has 0 radical (unpaired) electrons. The van der Waals surface area contributed by atoms with Gasteiger partial charge < -0.3 is 9.09 Å². The maximum absolute atomic E-state index is 12.1. The summed E-state index contributed by atoms with van der Waals surface area (Å²) in [6.07, 6.45) is 5.12. The fourth-order valence-corrected chi connectivity index (χ4v) is 2.95. The zero-order valence-electron chi connectivity index (χ0n) is 13.5. The quantitative estimate of drug-likeness (QED) is 0.513. The van der Waals surface area contributed by atoms with E-state index in [-0.39, 0.29) is 5.56 Å². The molecule has 3 aromatic heterocycles. The highest BCUT2D eigenvalue weighted by Gasteiger charge is 2.12. The lowest BCUT2D eigenvalue weighted by molar-refractivity contribution is 0.432. The molecule has 0 bridgehead atoms. The third kappa shape index (κ3) is 3.48. The van der Waals surface area contributed by atoms with Gasteiger partial charge in [0.05, 0.1) is 12.1 Å². The smallest absolute Gasteiger partial charge is 0.259 e. The molecule has 7 heteroatoms. The molecule has 0 saturated carbocycles. The summed E-state index contributed by atoms with van der Waals surface area (Å²) in [5.41, 5.74) is 2.42. The third-order valence-corrected chi connectivity index (χ3v) is 4.33. The minimum Gasteiger partial charge on any atom is -0.334 e. The van der Waals surface area contributed by atoms with E-state index < -0.39 is 0 Å². The Bertz CT molecular complexity index is 1110. The Kier molecular flexibility index (Phi) is 4.45. The van der Waals surface area contributed by atoms with Gasteiger partial charge in [-0.2, -0.15) is 4.98 Å². The van der Waals surface area contributed by atoms with Crippen LogP contribution in [0.25, 0.3) is 22.8 Å². The molecule has 0 aliphatic heterocycles. The molecule has 4 aromatic rings. The Morgan fingerprint density at radius 1 is 1.04 bits per heavy atom. The Hall–Kier alpha value is -3.06. The minimum absolute atomic E-state index is 0.0997. The molecule has 0 aliphatic rings. The highest BCUT2D eigenvalue weighted by molar-refractivity contribution is 9.10. The maximum Gasteiger partial charge on any atom is 0.259 e. The van der Waals surface area contributed by atoms with Gasteiger partial charge in [0.2, 0.25) is 5.82 Å². The normalized spacial score (nSPS) is 10.8. The van der Waals surface area contributed by atoms with Crippen LogP contribution in [0.2, 0.25) is 0 Å². The highest BCUT2D eigenvalue weighted by Crippen LogP contribution is 2.23. The second kappa shape index (κ2) is 7.05. The number of hydrogen-bond donors (Lipinski definition) is 0. The van der Waals surface area contributed by atoms with Crippen LogP contribution in [0.4, 0.5) is 0 Å². The van der Waals surface area contributed by atoms with Crippen molar-refractivity contribution in [3.05, 3.63) is 87.5 Å². The van der Waals surface area contributed by atoms with Gasteiger partial charge in [-0.3, -0.25) is 9.78 Å². The van der Waals surface area contributed by atoms with Crippen molar-refractivity contribution in [2.24, 2.45) is 0 Å². The lowest BCUT2D eigenvalue weighted by Crippen LogP contribution is -2.19. The fourth-order valence-electron chi connectivity index (χ4n) is 2.55. The Balaban J connectivity index is 1.66. The number of nitrogens with zero attached hydrogens (tertiary/aromatic N) is 4. The predicted octanol–water partition coefficient (Wildman–Crippen LogP) is 3.77. The van der Waals surface area contributed by atoms with E-state index in [0.29, 0.717) is 23.8 Å². The number of benzene rings is 1. The molecule has 6 nitrogen and oxygen atoms in total. The standard InChI is InChI=1S/C19H13BrN4O2/c20-16-3-1-2-14(10-16)18-22-19(26-23-18)15-4-5-17(25)24(12-15)11-13-6-8-21-9-7-13/h1-10,12H,11H2. The summed E-state index contributed by atoms with van der Waals surface area (Å²) in [6.45, 7) is 0.446. The molecule has 0 unspecified atom stereocenters. The molecule has 0 spiro atoms. The first kappa shape index (κ1) is 16.4. The van der Waals surface area contributed by atoms with E-state index in [9.17, 15) is 4.79 Å². The lowest BCUT2D eigenvalue weighted by Gasteiger charge is -2.06. The molecule has 0 N–H and O–H groups in total. The van der Waals surface area contributed by atoms with Crippen molar-refractivity contribution in [2.45, 2.75) is 6.54 Å². The summed E-state index contributed by atoms with van der Waals surface area (Å²) >= 11 is 3.43. The highest BCUT2D eigenvalue weighted by atomic mass is 79.9. The SMILES string of the molecule is O=c1ccc(-c2nc(-c3cccc(Br)c3)no2)cn1Cc1ccncc1. The summed E-state index contributed by atoms with van der Waals surface area (Å²) in [5.74, 6) is 0.858. The zero-order valence-corrected chi connectivity index (χ0v) is 15.1. The monoisotopic (exact) mass is 408 g/mol. The van der Waals surface area contributed by atoms with E-state index in [1.54, 1.807) is 29.2 Å². The van der Waals surface area contributed by atoms with E-state index in [0.717, 1.165) is 15.6 Å². The summed E-state index contributed by atoms with van der Waals surface area (Å²) in [4.78, 5) is 20.6. The molecular formula is C19H13BrN4O2. The molecule has 26 heavy (non-hydrogen) atoms. The van der Waals surface area contributed by atoms with Crippen molar-refractivity contribution < 1.29 is 4.52 Å². The van der Waals surface area contributed by atoms with Crippen molar-refractivity contribution in [1.29, 1.82) is 0 Å². The molecule has 128 valence electrons. The topological polar surface area (TPSA) is 73.8 Å². The molecular weight excluding hydrogens is 396 g/mol. The second-order valence-corrected chi connectivity index (χ2v) is 6.59. The van der Waals surface area contributed by atoms with E-state index in [4.69, 9.17) is 4.52 Å². The Morgan fingerprint density at radius 3 is 2.69 bits per heavy atom. The third-order valence-electron chi connectivity index (χ3n) is 3.84. The Morgan fingerprint density at radius 2 is 1.88 bits per heavy atom. The van der Waals surface area contributed by atoms with Gasteiger partial charge in [-0.25, -0.2) is 0 Å². The van der Waals surface area contributed by atoms with Crippen molar-refractivity contribution in [1.82, 2.24) is 19.7 Å². The van der Waals surface area contributed by atoms with Crippen LogP contribution in [0.1, 0.15) is 5.56 Å². The second-order valence-electron chi connectivity index (χ2n) is 5.67. The number of rotatable bonds is 4. The van der Waals surface area contributed by atoms with Crippen LogP contribution in [0.3, 0.4) is 0 Å². The van der Waals surface area contributed by atoms with E-state index in [1.807, 2.05) is 36.4 Å². The summed E-state index contributed by atoms with van der Waals surface area (Å²) in [5, 5.41) is 4.04. The van der Waals surface area contributed by atoms with Gasteiger partial charge in [-0.1, -0.05) is 33.2 Å². The first-order chi connectivity index (χ1) is 12.7. The van der Waals surface area contributed by atoms with Crippen molar-refractivity contribution in [3.63, 3.8) is 0 Å². The van der Waals surface area contributed by atoms with Crippen molar-refractivity contribution >= 4 is 15.9 Å². The summed E-state index contributed by atoms with van der Waals surface area (Å²) < 4.78 is 7.93. The van der Waals surface area contributed by atoms with Gasteiger partial charge in [-0.15, -0.1) is 0 Å². The van der Waals surface area contributed by atoms with Crippen LogP contribution in [0.5, 0.6) is 0 Å². The number of pyridine rings is 2. The summed E-state index contributed by atoms with van der Waals surface area (Å²) in [6, 6.07) is 14.6. The van der Waals surface area contributed by atoms with Crippen LogP contribution in [0.15, 0.2) is 80.9 Å². The van der Waals surface area contributed by atoms with E-state index >= 15 is 0 Å². The van der Waals surface area contributed by atoms with Gasteiger partial charge in [0.25, 0.3) is 11.4 Å². The predicted molar refractivity (Wildman–Crippen MR) is 100 cm³/mol. The fraction of sp³-hybridized carbons (Fsp3) is 0.0526. The maximum atomic E-state index is 12.1. The molecule has 0 amide bonds. The number of halogens is 1. The van der Waals surface area contributed by atoms with Gasteiger partial charge in [0.1, 0.15) is 0 Å². The average molecular weight is 409 g/mol. The molecule has 4 rings (SSSR count). The number of aromatic nitrogens is 4. The van der Waals surface area contributed by atoms with E-state index in [1.165, 1.54) is 6.07 Å². The Labute approximate surface area is 157 Å². The molecule has 0 fully saturated rings. The zero-order chi connectivity index (χ0) is 17.9. The van der Waals surface area contributed by atoms with Crippen LogP contribution in [-0.4, -0.2) is 19.7 Å². The van der Waals surface area contributed by atoms with E-state index in [2.05, 4.69) is 31.1 Å².